The van der Waals surface area contributed by atoms with Gasteiger partial charge in [-0.1, -0.05) is 5.16 Å². The van der Waals surface area contributed by atoms with E-state index >= 15 is 0 Å². The van der Waals surface area contributed by atoms with Crippen LogP contribution in [0, 0.1) is 12.7 Å². The van der Waals surface area contributed by atoms with Crippen molar-refractivity contribution in [3.63, 3.8) is 0 Å². The maximum absolute atomic E-state index is 13.3. The van der Waals surface area contributed by atoms with Gasteiger partial charge in [0.15, 0.2) is 10.7 Å². The lowest BCUT2D eigenvalue weighted by Gasteiger charge is -2.31. The SMILES string of the molecule is Cc1csc(NC(=O)CCC(=O)N2CCC(c3noc4cc(F)ccc34)CC2)n1. The minimum atomic E-state index is -0.352. The molecule has 1 saturated heterocycles. The van der Waals surface area contributed by atoms with E-state index in [0.717, 1.165) is 29.6 Å². The fraction of sp³-hybridized carbons (Fsp3) is 0.400. The van der Waals surface area contributed by atoms with Gasteiger partial charge in [0, 0.05) is 48.7 Å². The van der Waals surface area contributed by atoms with Gasteiger partial charge in [-0.25, -0.2) is 9.37 Å². The van der Waals surface area contributed by atoms with Gasteiger partial charge in [0.25, 0.3) is 0 Å². The molecule has 0 atom stereocenters. The van der Waals surface area contributed by atoms with Crippen molar-refractivity contribution in [1.82, 2.24) is 15.0 Å². The van der Waals surface area contributed by atoms with Crippen LogP contribution in [-0.4, -0.2) is 39.9 Å². The molecule has 0 radical (unpaired) electrons. The quantitative estimate of drug-likeness (QED) is 0.682. The van der Waals surface area contributed by atoms with E-state index in [1.54, 1.807) is 11.0 Å². The molecule has 0 aliphatic carbocycles. The number of hydrogen-bond acceptors (Lipinski definition) is 6. The number of likely N-dealkylation sites (tertiary alicyclic amines) is 1. The van der Waals surface area contributed by atoms with Crippen molar-refractivity contribution in [1.29, 1.82) is 0 Å². The number of benzene rings is 1. The van der Waals surface area contributed by atoms with E-state index in [1.807, 2.05) is 12.3 Å². The van der Waals surface area contributed by atoms with Crippen LogP contribution in [0.4, 0.5) is 9.52 Å². The first-order valence-corrected chi connectivity index (χ1v) is 10.4. The van der Waals surface area contributed by atoms with Crippen molar-refractivity contribution in [2.45, 2.75) is 38.5 Å². The normalized spacial score (nSPS) is 15.0. The molecule has 1 aliphatic heterocycles. The standard InChI is InChI=1S/C20H21FN4O3S/c1-12-11-29-20(22-12)23-17(26)4-5-18(27)25-8-6-13(7-9-25)19-15-3-2-14(21)10-16(15)28-24-19/h2-3,10-11,13H,4-9H2,1H3,(H,22,23,26). The Morgan fingerprint density at radius 1 is 1.31 bits per heavy atom. The molecule has 3 heterocycles. The molecule has 0 unspecified atom stereocenters. The van der Waals surface area contributed by atoms with Crippen LogP contribution in [-0.2, 0) is 9.59 Å². The van der Waals surface area contributed by atoms with Crippen LogP contribution in [0.3, 0.4) is 0 Å². The number of carbonyl (C=O) groups excluding carboxylic acids is 2. The van der Waals surface area contributed by atoms with Crippen molar-refractivity contribution in [2.75, 3.05) is 18.4 Å². The third kappa shape index (κ3) is 4.45. The summed E-state index contributed by atoms with van der Waals surface area (Å²) >= 11 is 1.37. The molecule has 0 spiro atoms. The molecule has 1 N–H and O–H groups in total. The number of hydrogen-bond donors (Lipinski definition) is 1. The second-order valence-corrected chi connectivity index (χ2v) is 8.06. The van der Waals surface area contributed by atoms with Crippen LogP contribution in [0.15, 0.2) is 28.1 Å². The molecule has 152 valence electrons. The molecule has 9 heteroatoms. The Labute approximate surface area is 170 Å². The summed E-state index contributed by atoms with van der Waals surface area (Å²) in [5.41, 5.74) is 2.12. The molecular weight excluding hydrogens is 395 g/mol. The van der Waals surface area contributed by atoms with Crippen molar-refractivity contribution in [2.24, 2.45) is 0 Å². The topological polar surface area (TPSA) is 88.3 Å². The van der Waals surface area contributed by atoms with Gasteiger partial charge >= 0.3 is 0 Å². The van der Waals surface area contributed by atoms with E-state index in [0.29, 0.717) is 23.8 Å². The zero-order valence-corrected chi connectivity index (χ0v) is 16.8. The van der Waals surface area contributed by atoms with Crippen LogP contribution in [0.1, 0.15) is 43.0 Å². The Hall–Kier alpha value is -2.81. The molecule has 0 saturated carbocycles. The van der Waals surface area contributed by atoms with Crippen LogP contribution in [0.5, 0.6) is 0 Å². The fourth-order valence-corrected chi connectivity index (χ4v) is 4.30. The highest BCUT2D eigenvalue weighted by atomic mass is 32.1. The second-order valence-electron chi connectivity index (χ2n) is 7.21. The Kier molecular flexibility index (Phi) is 5.57. The predicted octanol–water partition coefficient (Wildman–Crippen LogP) is 3.86. The van der Waals surface area contributed by atoms with Crippen LogP contribution >= 0.6 is 11.3 Å². The van der Waals surface area contributed by atoms with Crippen LogP contribution < -0.4 is 5.32 Å². The number of nitrogens with one attached hydrogen (secondary N) is 1. The summed E-state index contributed by atoms with van der Waals surface area (Å²) in [6.45, 7) is 3.07. The lowest BCUT2D eigenvalue weighted by molar-refractivity contribution is -0.133. The lowest BCUT2D eigenvalue weighted by Crippen LogP contribution is -2.38. The molecule has 7 nitrogen and oxygen atoms in total. The summed E-state index contributed by atoms with van der Waals surface area (Å²) in [4.78, 5) is 30.4. The molecule has 29 heavy (non-hydrogen) atoms. The average Bonchev–Trinajstić information content (AvgIpc) is 3.31. The molecule has 1 aliphatic rings. The number of anilines is 1. The van der Waals surface area contributed by atoms with Gasteiger partial charge in [0.2, 0.25) is 11.8 Å². The van der Waals surface area contributed by atoms with E-state index in [2.05, 4.69) is 15.5 Å². The first-order valence-electron chi connectivity index (χ1n) is 9.54. The van der Waals surface area contributed by atoms with Gasteiger partial charge in [-0.3, -0.25) is 9.59 Å². The van der Waals surface area contributed by atoms with Gasteiger partial charge < -0.3 is 14.7 Å². The molecular formula is C20H21FN4O3S. The van der Waals surface area contributed by atoms with Crippen molar-refractivity contribution in [3.05, 3.63) is 40.8 Å². The highest BCUT2D eigenvalue weighted by Crippen LogP contribution is 2.33. The number of aromatic nitrogens is 2. The molecule has 2 aromatic heterocycles. The lowest BCUT2D eigenvalue weighted by atomic mass is 9.91. The zero-order valence-electron chi connectivity index (χ0n) is 16.0. The Morgan fingerprint density at radius 3 is 2.83 bits per heavy atom. The van der Waals surface area contributed by atoms with Crippen molar-refractivity contribution >= 4 is 39.3 Å². The van der Waals surface area contributed by atoms with Gasteiger partial charge in [-0.15, -0.1) is 11.3 Å². The Balaban J connectivity index is 1.27. The number of amides is 2. The van der Waals surface area contributed by atoms with E-state index < -0.39 is 0 Å². The number of fused-ring (bicyclic) bond motifs is 1. The summed E-state index contributed by atoms with van der Waals surface area (Å²) < 4.78 is 18.6. The highest BCUT2D eigenvalue weighted by molar-refractivity contribution is 7.13. The second kappa shape index (κ2) is 8.28. The summed E-state index contributed by atoms with van der Waals surface area (Å²) in [7, 11) is 0. The minimum absolute atomic E-state index is 0.0269. The van der Waals surface area contributed by atoms with Crippen molar-refractivity contribution in [3.8, 4) is 0 Å². The van der Waals surface area contributed by atoms with Crippen molar-refractivity contribution < 1.29 is 18.5 Å². The number of aryl methyl sites for hydroxylation is 1. The molecule has 0 bridgehead atoms. The molecule has 1 aromatic carbocycles. The van der Waals surface area contributed by atoms with Crippen LogP contribution in [0.2, 0.25) is 0 Å². The Morgan fingerprint density at radius 2 is 2.10 bits per heavy atom. The smallest absolute Gasteiger partial charge is 0.226 e. The number of piperidine rings is 1. The van der Waals surface area contributed by atoms with E-state index in [4.69, 9.17) is 4.52 Å². The number of nitrogens with zero attached hydrogens (tertiary/aromatic N) is 3. The largest absolute Gasteiger partial charge is 0.356 e. The fourth-order valence-electron chi connectivity index (χ4n) is 3.60. The number of carbonyl (C=O) groups is 2. The van der Waals surface area contributed by atoms with Crippen LogP contribution in [0.25, 0.3) is 11.0 Å². The molecule has 3 aromatic rings. The van der Waals surface area contributed by atoms with Gasteiger partial charge in [-0.2, -0.15) is 0 Å². The third-order valence-corrected chi connectivity index (χ3v) is 6.00. The number of thiazole rings is 1. The minimum Gasteiger partial charge on any atom is -0.356 e. The van der Waals surface area contributed by atoms with E-state index in [1.165, 1.54) is 23.5 Å². The third-order valence-electron chi connectivity index (χ3n) is 5.13. The zero-order chi connectivity index (χ0) is 20.4. The van der Waals surface area contributed by atoms with Gasteiger partial charge in [0.05, 0.1) is 11.4 Å². The first-order chi connectivity index (χ1) is 14.0. The predicted molar refractivity (Wildman–Crippen MR) is 107 cm³/mol. The molecule has 1 fully saturated rings. The summed E-state index contributed by atoms with van der Waals surface area (Å²) in [6.07, 6.45) is 1.83. The van der Waals surface area contributed by atoms with E-state index in [9.17, 15) is 14.0 Å². The summed E-state index contributed by atoms with van der Waals surface area (Å²) in [5.74, 6) is -0.415. The number of rotatable bonds is 5. The maximum Gasteiger partial charge on any atom is 0.226 e. The number of halogens is 1. The maximum atomic E-state index is 13.3. The van der Waals surface area contributed by atoms with Gasteiger partial charge in [0.1, 0.15) is 5.82 Å². The molecule has 2 amide bonds. The first kappa shape index (κ1) is 19.5. The highest BCUT2D eigenvalue weighted by Gasteiger charge is 2.27. The van der Waals surface area contributed by atoms with Gasteiger partial charge in [-0.05, 0) is 31.9 Å². The summed E-state index contributed by atoms with van der Waals surface area (Å²) in [5, 5.41) is 10.1. The average molecular weight is 416 g/mol. The Bertz CT molecular complexity index is 1040. The monoisotopic (exact) mass is 416 g/mol. The molecule has 4 rings (SSSR count). The van der Waals surface area contributed by atoms with E-state index in [-0.39, 0.29) is 36.4 Å². The summed E-state index contributed by atoms with van der Waals surface area (Å²) in [6, 6.07) is 4.43.